The van der Waals surface area contributed by atoms with Crippen molar-refractivity contribution in [1.29, 1.82) is 0 Å². The van der Waals surface area contributed by atoms with Crippen LogP contribution in [0.15, 0.2) is 48.8 Å². The van der Waals surface area contributed by atoms with E-state index < -0.39 is 0 Å². The normalized spacial score (nSPS) is 19.7. The largest absolute Gasteiger partial charge is 0.489 e. The standard InChI is InChI=1S/C18H23N3O2.ClH/c22-17-12-21-11-16(17)10-20-9-15-5-1-2-6-18(15)23-13-14-4-3-7-19-8-14;/h1-8,16-17,20-22H,9-13H2;1H. The Morgan fingerprint density at radius 3 is 2.83 bits per heavy atom. The van der Waals surface area contributed by atoms with Gasteiger partial charge in [-0.05, 0) is 12.1 Å². The second kappa shape index (κ2) is 9.59. The van der Waals surface area contributed by atoms with Gasteiger partial charge in [-0.25, -0.2) is 0 Å². The first-order valence-corrected chi connectivity index (χ1v) is 8.02. The van der Waals surface area contributed by atoms with Gasteiger partial charge in [0.05, 0.1) is 6.10 Å². The van der Waals surface area contributed by atoms with Gasteiger partial charge in [0.2, 0.25) is 0 Å². The highest BCUT2D eigenvalue weighted by molar-refractivity contribution is 5.85. The van der Waals surface area contributed by atoms with Crippen molar-refractivity contribution in [3.63, 3.8) is 0 Å². The molecule has 0 bridgehead atoms. The van der Waals surface area contributed by atoms with Crippen LogP contribution in [-0.4, -0.2) is 35.8 Å². The number of hydrogen-bond donors (Lipinski definition) is 3. The minimum absolute atomic E-state index is 0. The highest BCUT2D eigenvalue weighted by Gasteiger charge is 2.24. The van der Waals surface area contributed by atoms with Crippen LogP contribution in [0.5, 0.6) is 5.75 Å². The van der Waals surface area contributed by atoms with Crippen LogP contribution in [0.2, 0.25) is 0 Å². The fourth-order valence-electron chi connectivity index (χ4n) is 2.76. The number of aliphatic hydroxyl groups excluding tert-OH is 1. The molecule has 1 aliphatic heterocycles. The molecule has 1 saturated heterocycles. The summed E-state index contributed by atoms with van der Waals surface area (Å²) in [5, 5.41) is 16.4. The molecule has 24 heavy (non-hydrogen) atoms. The fourth-order valence-corrected chi connectivity index (χ4v) is 2.76. The van der Waals surface area contributed by atoms with Gasteiger partial charge in [-0.2, -0.15) is 0 Å². The number of β-amino-alcohol motifs (C(OH)–C–C–N with tert-alkyl or cyclic N) is 1. The van der Waals surface area contributed by atoms with Crippen molar-refractivity contribution in [2.75, 3.05) is 19.6 Å². The number of hydrogen-bond acceptors (Lipinski definition) is 5. The number of nitrogens with one attached hydrogen (secondary N) is 2. The summed E-state index contributed by atoms with van der Waals surface area (Å²) in [5.41, 5.74) is 2.17. The number of rotatable bonds is 7. The second-order valence-electron chi connectivity index (χ2n) is 5.87. The molecule has 0 saturated carbocycles. The maximum Gasteiger partial charge on any atom is 0.124 e. The molecule has 0 radical (unpaired) electrons. The molecule has 2 atom stereocenters. The third-order valence-electron chi connectivity index (χ3n) is 4.12. The van der Waals surface area contributed by atoms with E-state index >= 15 is 0 Å². The average molecular weight is 350 g/mol. The zero-order valence-corrected chi connectivity index (χ0v) is 14.3. The summed E-state index contributed by atoms with van der Waals surface area (Å²) in [4.78, 5) is 4.10. The van der Waals surface area contributed by atoms with Crippen molar-refractivity contribution in [1.82, 2.24) is 15.6 Å². The number of nitrogens with zero attached hydrogens (tertiary/aromatic N) is 1. The molecule has 6 heteroatoms. The summed E-state index contributed by atoms with van der Waals surface area (Å²) in [6.45, 7) is 3.60. The van der Waals surface area contributed by atoms with Gasteiger partial charge < -0.3 is 20.5 Å². The quantitative estimate of drug-likeness (QED) is 0.710. The predicted octanol–water partition coefficient (Wildman–Crippen LogP) is 1.75. The molecule has 1 aliphatic rings. The lowest BCUT2D eigenvalue weighted by molar-refractivity contribution is 0.146. The zero-order valence-electron chi connectivity index (χ0n) is 13.5. The minimum atomic E-state index is -0.250. The highest BCUT2D eigenvalue weighted by atomic mass is 35.5. The monoisotopic (exact) mass is 349 g/mol. The lowest BCUT2D eigenvalue weighted by Crippen LogP contribution is -2.30. The van der Waals surface area contributed by atoms with Crippen molar-refractivity contribution in [2.45, 2.75) is 19.3 Å². The summed E-state index contributed by atoms with van der Waals surface area (Å²) in [5.74, 6) is 1.16. The number of benzene rings is 1. The molecule has 2 aromatic rings. The van der Waals surface area contributed by atoms with Gasteiger partial charge in [0, 0.05) is 55.6 Å². The Hall–Kier alpha value is -1.66. The third kappa shape index (κ3) is 5.18. The molecule has 1 aromatic carbocycles. The molecule has 3 N–H and O–H groups in total. The SMILES string of the molecule is Cl.OC1CNCC1CNCc1ccccc1OCc1cccnc1. The van der Waals surface area contributed by atoms with E-state index in [-0.39, 0.29) is 24.4 Å². The number of pyridine rings is 1. The van der Waals surface area contributed by atoms with Gasteiger partial charge in [-0.1, -0.05) is 24.3 Å². The molecule has 130 valence electrons. The number of halogens is 1. The predicted molar refractivity (Wildman–Crippen MR) is 96.3 cm³/mol. The molecular weight excluding hydrogens is 326 g/mol. The molecule has 5 nitrogen and oxygen atoms in total. The Kier molecular flexibility index (Phi) is 7.46. The van der Waals surface area contributed by atoms with Crippen LogP contribution in [-0.2, 0) is 13.2 Å². The van der Waals surface area contributed by atoms with Crippen LogP contribution in [0.25, 0.3) is 0 Å². The van der Waals surface area contributed by atoms with E-state index in [0.717, 1.165) is 36.5 Å². The van der Waals surface area contributed by atoms with Crippen LogP contribution in [0.1, 0.15) is 11.1 Å². The first-order chi connectivity index (χ1) is 11.3. The molecule has 0 amide bonds. The average Bonchev–Trinajstić information content (AvgIpc) is 3.00. The highest BCUT2D eigenvalue weighted by Crippen LogP contribution is 2.19. The molecule has 0 aliphatic carbocycles. The van der Waals surface area contributed by atoms with Crippen LogP contribution in [0, 0.1) is 5.92 Å². The number of aromatic nitrogens is 1. The Morgan fingerprint density at radius 1 is 1.21 bits per heavy atom. The summed E-state index contributed by atoms with van der Waals surface area (Å²) < 4.78 is 5.93. The maximum atomic E-state index is 9.82. The Morgan fingerprint density at radius 2 is 2.08 bits per heavy atom. The van der Waals surface area contributed by atoms with Crippen molar-refractivity contribution in [3.8, 4) is 5.75 Å². The van der Waals surface area contributed by atoms with E-state index in [9.17, 15) is 5.11 Å². The van der Waals surface area contributed by atoms with E-state index in [1.54, 1.807) is 6.20 Å². The molecule has 2 heterocycles. The number of ether oxygens (including phenoxy) is 1. The number of aliphatic hydroxyl groups is 1. The van der Waals surface area contributed by atoms with E-state index in [1.165, 1.54) is 0 Å². The minimum Gasteiger partial charge on any atom is -0.489 e. The van der Waals surface area contributed by atoms with Crippen LogP contribution in [0.3, 0.4) is 0 Å². The molecule has 1 fully saturated rings. The lowest BCUT2D eigenvalue weighted by atomic mass is 10.1. The first-order valence-electron chi connectivity index (χ1n) is 8.02. The maximum absolute atomic E-state index is 9.82. The van der Waals surface area contributed by atoms with Crippen LogP contribution >= 0.6 is 12.4 Å². The van der Waals surface area contributed by atoms with E-state index in [4.69, 9.17) is 4.74 Å². The molecule has 2 unspecified atom stereocenters. The second-order valence-corrected chi connectivity index (χ2v) is 5.87. The van der Waals surface area contributed by atoms with Crippen molar-refractivity contribution in [2.24, 2.45) is 5.92 Å². The first kappa shape index (κ1) is 18.7. The molecule has 1 aromatic heterocycles. The van der Waals surface area contributed by atoms with Crippen LogP contribution in [0.4, 0.5) is 0 Å². The van der Waals surface area contributed by atoms with Crippen LogP contribution < -0.4 is 15.4 Å². The molecule has 0 spiro atoms. The van der Waals surface area contributed by atoms with Crippen molar-refractivity contribution in [3.05, 3.63) is 59.9 Å². The number of para-hydroxylation sites is 1. The smallest absolute Gasteiger partial charge is 0.124 e. The van der Waals surface area contributed by atoms with Gasteiger partial charge in [-0.3, -0.25) is 4.98 Å². The topological polar surface area (TPSA) is 66.4 Å². The van der Waals surface area contributed by atoms with E-state index in [0.29, 0.717) is 13.2 Å². The lowest BCUT2D eigenvalue weighted by Gasteiger charge is -2.16. The molecule has 3 rings (SSSR count). The summed E-state index contributed by atoms with van der Waals surface area (Å²) >= 11 is 0. The third-order valence-corrected chi connectivity index (χ3v) is 4.12. The zero-order chi connectivity index (χ0) is 15.9. The van der Waals surface area contributed by atoms with Gasteiger partial charge in [0.15, 0.2) is 0 Å². The van der Waals surface area contributed by atoms with Gasteiger partial charge in [-0.15, -0.1) is 12.4 Å². The van der Waals surface area contributed by atoms with Gasteiger partial charge in [0.1, 0.15) is 12.4 Å². The summed E-state index contributed by atoms with van der Waals surface area (Å²) in [7, 11) is 0. The van der Waals surface area contributed by atoms with E-state index in [2.05, 4.69) is 21.7 Å². The van der Waals surface area contributed by atoms with Gasteiger partial charge in [0.25, 0.3) is 0 Å². The van der Waals surface area contributed by atoms with Crippen molar-refractivity contribution < 1.29 is 9.84 Å². The molecular formula is C18H24ClN3O2. The Balaban J connectivity index is 0.00000208. The summed E-state index contributed by atoms with van der Waals surface area (Å²) in [6.07, 6.45) is 3.32. The summed E-state index contributed by atoms with van der Waals surface area (Å²) in [6, 6.07) is 12.0. The fraction of sp³-hybridized carbons (Fsp3) is 0.389. The Bertz CT molecular complexity index is 612. The van der Waals surface area contributed by atoms with Crippen molar-refractivity contribution >= 4 is 12.4 Å². The van der Waals surface area contributed by atoms with Gasteiger partial charge >= 0.3 is 0 Å². The van der Waals surface area contributed by atoms with E-state index in [1.807, 2.05) is 36.5 Å². The Labute approximate surface area is 148 Å².